The van der Waals surface area contributed by atoms with E-state index < -0.39 is 0 Å². The van der Waals surface area contributed by atoms with Gasteiger partial charge in [-0.25, -0.2) is 0 Å². The molecule has 2 heterocycles. The van der Waals surface area contributed by atoms with Crippen LogP contribution in [-0.4, -0.2) is 55.8 Å². The number of hydrogen-bond donors (Lipinski definition) is 1. The van der Waals surface area contributed by atoms with Gasteiger partial charge in [-0.05, 0) is 76.4 Å². The number of carbonyl (C=O) groups is 1. The van der Waals surface area contributed by atoms with E-state index >= 15 is 0 Å². The van der Waals surface area contributed by atoms with Crippen LogP contribution in [0.3, 0.4) is 0 Å². The molecule has 0 saturated carbocycles. The first kappa shape index (κ1) is 18.2. The number of rotatable bonds is 6. The van der Waals surface area contributed by atoms with Crippen LogP contribution in [0.5, 0.6) is 5.75 Å². The zero-order chi connectivity index (χ0) is 17.6. The number of carbonyl (C=O) groups excluding carboxylic acids is 1. The summed E-state index contributed by atoms with van der Waals surface area (Å²) in [6.45, 7) is 8.78. The Morgan fingerprint density at radius 3 is 2.56 bits per heavy atom. The summed E-state index contributed by atoms with van der Waals surface area (Å²) in [6, 6.07) is 7.99. The van der Waals surface area contributed by atoms with Crippen LogP contribution >= 0.6 is 0 Å². The van der Waals surface area contributed by atoms with E-state index in [9.17, 15) is 4.79 Å². The quantitative estimate of drug-likeness (QED) is 0.860. The van der Waals surface area contributed by atoms with Gasteiger partial charge in [0, 0.05) is 24.8 Å². The first-order valence-corrected chi connectivity index (χ1v) is 9.48. The fourth-order valence-corrected chi connectivity index (χ4v) is 3.63. The van der Waals surface area contributed by atoms with Crippen LogP contribution in [0.4, 0.5) is 0 Å². The summed E-state index contributed by atoms with van der Waals surface area (Å²) < 4.78 is 11.1. The monoisotopic (exact) mass is 346 g/mol. The highest BCUT2D eigenvalue weighted by Crippen LogP contribution is 2.22. The Bertz CT molecular complexity index is 545. The predicted molar refractivity (Wildman–Crippen MR) is 98.1 cm³/mol. The highest BCUT2D eigenvalue weighted by Gasteiger charge is 2.27. The van der Waals surface area contributed by atoms with Gasteiger partial charge in [-0.15, -0.1) is 0 Å². The smallest absolute Gasteiger partial charge is 0.251 e. The molecule has 5 heteroatoms. The van der Waals surface area contributed by atoms with Crippen molar-refractivity contribution in [3.8, 4) is 5.75 Å². The number of nitrogens with one attached hydrogen (secondary N) is 1. The van der Waals surface area contributed by atoms with Crippen LogP contribution in [0.1, 0.15) is 43.5 Å². The number of likely N-dealkylation sites (tertiary alicyclic amines) is 1. The van der Waals surface area contributed by atoms with Gasteiger partial charge in [0.1, 0.15) is 5.75 Å². The lowest BCUT2D eigenvalue weighted by Gasteiger charge is -2.35. The third kappa shape index (κ3) is 5.19. The molecule has 2 fully saturated rings. The van der Waals surface area contributed by atoms with E-state index in [1.165, 1.54) is 0 Å². The molecule has 25 heavy (non-hydrogen) atoms. The number of benzene rings is 1. The van der Waals surface area contributed by atoms with Gasteiger partial charge in [-0.1, -0.05) is 0 Å². The van der Waals surface area contributed by atoms with Crippen molar-refractivity contribution in [3.63, 3.8) is 0 Å². The molecule has 2 aliphatic rings. The van der Waals surface area contributed by atoms with Crippen molar-refractivity contribution < 1.29 is 14.3 Å². The average molecular weight is 346 g/mol. The molecule has 0 unspecified atom stereocenters. The number of nitrogens with zero attached hydrogens (tertiary/aromatic N) is 1. The van der Waals surface area contributed by atoms with Crippen molar-refractivity contribution >= 4 is 5.91 Å². The molecular weight excluding hydrogens is 316 g/mol. The summed E-state index contributed by atoms with van der Waals surface area (Å²) in [5.41, 5.74) is 0.691. The maximum Gasteiger partial charge on any atom is 0.251 e. The Kier molecular flexibility index (Phi) is 6.32. The molecule has 0 aromatic heterocycles. The Hall–Kier alpha value is -1.59. The third-order valence-corrected chi connectivity index (χ3v) is 5.11. The zero-order valence-corrected chi connectivity index (χ0v) is 15.4. The predicted octanol–water partition coefficient (Wildman–Crippen LogP) is 2.70. The number of amides is 1. The standard InChI is InChI=1S/C20H30N2O3/c1-15(2)25-19-5-3-17(4-6-19)20(23)21-13-16-7-10-22(11-8-16)18-9-12-24-14-18/h3-6,15-16,18H,7-14H2,1-2H3,(H,21,23)/t18-/m1/s1. The van der Waals surface area contributed by atoms with Gasteiger partial charge in [-0.2, -0.15) is 0 Å². The van der Waals surface area contributed by atoms with Crippen molar-refractivity contribution in [2.24, 2.45) is 5.92 Å². The van der Waals surface area contributed by atoms with Crippen molar-refractivity contribution in [1.82, 2.24) is 10.2 Å². The Morgan fingerprint density at radius 2 is 1.96 bits per heavy atom. The first-order valence-electron chi connectivity index (χ1n) is 9.48. The molecule has 1 N–H and O–H groups in total. The van der Waals surface area contributed by atoms with E-state index in [0.29, 0.717) is 17.5 Å². The molecule has 138 valence electrons. The molecule has 1 atom stereocenters. The lowest BCUT2D eigenvalue weighted by Crippen LogP contribution is -2.43. The average Bonchev–Trinajstić information content (AvgIpc) is 3.15. The molecule has 5 nitrogen and oxygen atoms in total. The molecule has 0 bridgehead atoms. The van der Waals surface area contributed by atoms with E-state index in [0.717, 1.165) is 57.9 Å². The summed E-state index contributed by atoms with van der Waals surface area (Å²) in [5, 5.41) is 3.09. The fourth-order valence-electron chi connectivity index (χ4n) is 3.63. The topological polar surface area (TPSA) is 50.8 Å². The zero-order valence-electron chi connectivity index (χ0n) is 15.4. The van der Waals surface area contributed by atoms with Crippen molar-refractivity contribution in [2.75, 3.05) is 32.8 Å². The van der Waals surface area contributed by atoms with Crippen LogP contribution in [0.25, 0.3) is 0 Å². The van der Waals surface area contributed by atoms with Gasteiger partial charge in [0.05, 0.1) is 12.7 Å². The van der Waals surface area contributed by atoms with Crippen LogP contribution in [-0.2, 0) is 4.74 Å². The van der Waals surface area contributed by atoms with Gasteiger partial charge in [0.25, 0.3) is 5.91 Å². The minimum Gasteiger partial charge on any atom is -0.491 e. The Balaban J connectivity index is 1.40. The van der Waals surface area contributed by atoms with E-state index in [1.54, 1.807) is 0 Å². The fraction of sp³-hybridized carbons (Fsp3) is 0.650. The highest BCUT2D eigenvalue weighted by molar-refractivity contribution is 5.94. The largest absolute Gasteiger partial charge is 0.491 e. The molecule has 1 amide bonds. The van der Waals surface area contributed by atoms with E-state index in [2.05, 4.69) is 10.2 Å². The maximum atomic E-state index is 12.3. The second-order valence-corrected chi connectivity index (χ2v) is 7.40. The van der Waals surface area contributed by atoms with Crippen LogP contribution in [0.15, 0.2) is 24.3 Å². The lowest BCUT2D eigenvalue weighted by atomic mass is 9.95. The summed E-state index contributed by atoms with van der Waals surface area (Å²) in [7, 11) is 0. The lowest BCUT2D eigenvalue weighted by molar-refractivity contribution is 0.0911. The Morgan fingerprint density at radius 1 is 1.24 bits per heavy atom. The molecule has 2 saturated heterocycles. The third-order valence-electron chi connectivity index (χ3n) is 5.11. The number of piperidine rings is 1. The summed E-state index contributed by atoms with van der Waals surface area (Å²) in [6.07, 6.45) is 3.61. The second-order valence-electron chi connectivity index (χ2n) is 7.40. The van der Waals surface area contributed by atoms with Gasteiger partial charge in [0.2, 0.25) is 0 Å². The highest BCUT2D eigenvalue weighted by atomic mass is 16.5. The molecule has 0 aliphatic carbocycles. The van der Waals surface area contributed by atoms with Crippen molar-refractivity contribution in [3.05, 3.63) is 29.8 Å². The summed E-state index contributed by atoms with van der Waals surface area (Å²) in [4.78, 5) is 14.9. The molecule has 0 spiro atoms. The maximum absolute atomic E-state index is 12.3. The minimum atomic E-state index is 0.00252. The molecular formula is C20H30N2O3. The summed E-state index contributed by atoms with van der Waals surface area (Å²) in [5.74, 6) is 1.38. The second kappa shape index (κ2) is 8.68. The first-order chi connectivity index (χ1) is 12.1. The van der Waals surface area contributed by atoms with Crippen LogP contribution in [0.2, 0.25) is 0 Å². The number of hydrogen-bond acceptors (Lipinski definition) is 4. The molecule has 2 aliphatic heterocycles. The SMILES string of the molecule is CC(C)Oc1ccc(C(=O)NCC2CCN([C@@H]3CCOC3)CC2)cc1. The van der Waals surface area contributed by atoms with Crippen LogP contribution in [0, 0.1) is 5.92 Å². The van der Waals surface area contributed by atoms with E-state index in [-0.39, 0.29) is 12.0 Å². The summed E-state index contributed by atoms with van der Waals surface area (Å²) >= 11 is 0. The minimum absolute atomic E-state index is 0.00252. The van der Waals surface area contributed by atoms with Crippen molar-refractivity contribution in [2.45, 2.75) is 45.3 Å². The van der Waals surface area contributed by atoms with E-state index in [1.807, 2.05) is 38.1 Å². The van der Waals surface area contributed by atoms with E-state index in [4.69, 9.17) is 9.47 Å². The molecule has 1 aromatic rings. The van der Waals surface area contributed by atoms with Gasteiger partial charge in [0.15, 0.2) is 0 Å². The molecule has 1 aromatic carbocycles. The van der Waals surface area contributed by atoms with Gasteiger partial charge < -0.3 is 14.8 Å². The van der Waals surface area contributed by atoms with Crippen LogP contribution < -0.4 is 10.1 Å². The van der Waals surface area contributed by atoms with Gasteiger partial charge in [-0.3, -0.25) is 9.69 Å². The normalized spacial score (nSPS) is 22.3. The Labute approximate surface area is 150 Å². The van der Waals surface area contributed by atoms with Crippen molar-refractivity contribution in [1.29, 1.82) is 0 Å². The molecule has 3 rings (SSSR count). The van der Waals surface area contributed by atoms with Gasteiger partial charge >= 0.3 is 0 Å². The number of ether oxygens (including phenoxy) is 2. The molecule has 0 radical (unpaired) electrons.